The Morgan fingerprint density at radius 1 is 1.15 bits per heavy atom. The normalized spacial score (nSPS) is 18.3. The van der Waals surface area contributed by atoms with Gasteiger partial charge in [0.25, 0.3) is 0 Å². The molecule has 5 nitrogen and oxygen atoms in total. The topological polar surface area (TPSA) is 45.7 Å². The van der Waals surface area contributed by atoms with Gasteiger partial charge < -0.3 is 14.5 Å². The molecule has 1 saturated heterocycles. The number of aromatic nitrogens is 1. The fourth-order valence-electron chi connectivity index (χ4n) is 4.14. The van der Waals surface area contributed by atoms with Gasteiger partial charge in [0.1, 0.15) is 5.60 Å². The molecule has 0 saturated carbocycles. The molecule has 2 aliphatic heterocycles. The number of nitrogens with zero attached hydrogens (tertiary/aromatic N) is 3. The summed E-state index contributed by atoms with van der Waals surface area (Å²) in [6.45, 7) is 8.29. The number of hydrogen-bond acceptors (Lipinski definition) is 4. The first-order chi connectivity index (χ1) is 12.4. The SMILES string of the molecule is CC(C)(C)OC(=O)N1CCC(N2CCc3cncc4cccc2c34)CC1. The number of benzene rings is 1. The van der Waals surface area contributed by atoms with Crippen LogP contribution in [0.5, 0.6) is 0 Å². The highest BCUT2D eigenvalue weighted by Gasteiger charge is 2.31. The zero-order valence-electron chi connectivity index (χ0n) is 15.9. The van der Waals surface area contributed by atoms with Crippen molar-refractivity contribution in [2.24, 2.45) is 0 Å². The predicted octanol–water partition coefficient (Wildman–Crippen LogP) is 4.00. The average molecular weight is 353 g/mol. The first-order valence-corrected chi connectivity index (χ1v) is 9.52. The molecule has 5 heteroatoms. The zero-order chi connectivity index (χ0) is 18.3. The molecule has 138 valence electrons. The Morgan fingerprint density at radius 2 is 1.92 bits per heavy atom. The maximum atomic E-state index is 12.3. The van der Waals surface area contributed by atoms with Gasteiger partial charge in [-0.15, -0.1) is 0 Å². The van der Waals surface area contributed by atoms with Gasteiger partial charge in [-0.3, -0.25) is 4.98 Å². The lowest BCUT2D eigenvalue weighted by Gasteiger charge is -2.42. The van der Waals surface area contributed by atoms with Gasteiger partial charge >= 0.3 is 6.09 Å². The molecule has 1 aromatic carbocycles. The van der Waals surface area contributed by atoms with E-state index in [-0.39, 0.29) is 6.09 Å². The summed E-state index contributed by atoms with van der Waals surface area (Å²) in [5, 5.41) is 2.57. The maximum absolute atomic E-state index is 12.3. The molecular weight excluding hydrogens is 326 g/mol. The third-order valence-corrected chi connectivity index (χ3v) is 5.33. The molecule has 0 bridgehead atoms. The van der Waals surface area contributed by atoms with Crippen LogP contribution < -0.4 is 4.90 Å². The summed E-state index contributed by atoms with van der Waals surface area (Å²) in [6, 6.07) is 6.97. The molecule has 1 fully saturated rings. The summed E-state index contributed by atoms with van der Waals surface area (Å²) in [4.78, 5) is 21.1. The fourth-order valence-corrected chi connectivity index (χ4v) is 4.14. The minimum Gasteiger partial charge on any atom is -0.444 e. The van der Waals surface area contributed by atoms with Gasteiger partial charge in [0, 0.05) is 54.5 Å². The summed E-state index contributed by atoms with van der Waals surface area (Å²) in [5.74, 6) is 0. The van der Waals surface area contributed by atoms with E-state index in [0.29, 0.717) is 6.04 Å². The first kappa shape index (κ1) is 17.1. The van der Waals surface area contributed by atoms with Gasteiger partial charge in [-0.1, -0.05) is 12.1 Å². The van der Waals surface area contributed by atoms with Crippen molar-refractivity contribution in [2.75, 3.05) is 24.5 Å². The highest BCUT2D eigenvalue weighted by atomic mass is 16.6. The number of carbonyl (C=O) groups is 1. The third-order valence-electron chi connectivity index (χ3n) is 5.33. The van der Waals surface area contributed by atoms with Crippen LogP contribution in [0.2, 0.25) is 0 Å². The number of amides is 1. The number of hydrogen-bond donors (Lipinski definition) is 0. The van der Waals surface area contributed by atoms with Gasteiger partial charge in [0.2, 0.25) is 0 Å². The van der Waals surface area contributed by atoms with Crippen molar-refractivity contribution < 1.29 is 9.53 Å². The molecule has 0 unspecified atom stereocenters. The Morgan fingerprint density at radius 3 is 2.65 bits per heavy atom. The molecule has 2 aromatic rings. The molecule has 26 heavy (non-hydrogen) atoms. The predicted molar refractivity (Wildman–Crippen MR) is 104 cm³/mol. The van der Waals surface area contributed by atoms with Crippen LogP contribution in [0.15, 0.2) is 30.6 Å². The van der Waals surface area contributed by atoms with Crippen LogP contribution >= 0.6 is 0 Å². The molecule has 0 aliphatic carbocycles. The molecule has 4 rings (SSSR count). The molecule has 1 amide bonds. The smallest absolute Gasteiger partial charge is 0.410 e. The third kappa shape index (κ3) is 3.22. The Kier molecular flexibility index (Phi) is 4.25. The van der Waals surface area contributed by atoms with Crippen LogP contribution in [0.1, 0.15) is 39.2 Å². The molecular formula is C21H27N3O2. The Labute approximate surface area is 154 Å². The molecule has 1 aromatic heterocycles. The van der Waals surface area contributed by atoms with Gasteiger partial charge in [0.15, 0.2) is 0 Å². The van der Waals surface area contributed by atoms with E-state index in [1.165, 1.54) is 22.0 Å². The Bertz CT molecular complexity index is 814. The van der Waals surface area contributed by atoms with Crippen LogP contribution in [-0.2, 0) is 11.2 Å². The number of carbonyl (C=O) groups excluding carboxylic acids is 1. The minimum atomic E-state index is -0.436. The highest BCUT2D eigenvalue weighted by Crippen LogP contribution is 2.36. The minimum absolute atomic E-state index is 0.187. The van der Waals surface area contributed by atoms with Crippen LogP contribution in [-0.4, -0.2) is 47.3 Å². The number of ether oxygens (including phenoxy) is 1. The van der Waals surface area contributed by atoms with Gasteiger partial charge in [-0.2, -0.15) is 0 Å². The van der Waals surface area contributed by atoms with Crippen LogP contribution in [0.4, 0.5) is 10.5 Å². The van der Waals surface area contributed by atoms with Gasteiger partial charge in [-0.05, 0) is 51.7 Å². The van der Waals surface area contributed by atoms with Crippen molar-refractivity contribution in [3.63, 3.8) is 0 Å². The second-order valence-corrected chi connectivity index (χ2v) is 8.32. The number of piperidine rings is 1. The Balaban J connectivity index is 1.49. The van der Waals surface area contributed by atoms with E-state index < -0.39 is 5.60 Å². The second-order valence-electron chi connectivity index (χ2n) is 8.32. The Hall–Kier alpha value is -2.30. The fraction of sp³-hybridized carbons (Fsp3) is 0.524. The van der Waals surface area contributed by atoms with Crippen molar-refractivity contribution in [1.82, 2.24) is 9.88 Å². The number of pyridine rings is 1. The summed E-state index contributed by atoms with van der Waals surface area (Å²) in [7, 11) is 0. The lowest BCUT2D eigenvalue weighted by Crippen LogP contribution is -2.49. The lowest BCUT2D eigenvalue weighted by atomic mass is 9.94. The van der Waals surface area contributed by atoms with Crippen LogP contribution in [0.25, 0.3) is 10.8 Å². The van der Waals surface area contributed by atoms with Crippen molar-refractivity contribution in [3.05, 3.63) is 36.2 Å². The van der Waals surface area contributed by atoms with E-state index in [1.807, 2.05) is 38.1 Å². The zero-order valence-corrected chi connectivity index (χ0v) is 15.9. The van der Waals surface area contributed by atoms with E-state index in [1.54, 1.807) is 0 Å². The van der Waals surface area contributed by atoms with Gasteiger partial charge in [-0.25, -0.2) is 4.79 Å². The molecule has 0 atom stereocenters. The molecule has 0 spiro atoms. The summed E-state index contributed by atoms with van der Waals surface area (Å²) < 4.78 is 5.52. The van der Waals surface area contributed by atoms with Crippen molar-refractivity contribution in [2.45, 2.75) is 51.7 Å². The van der Waals surface area contributed by atoms with Crippen LogP contribution in [0, 0.1) is 0 Å². The van der Waals surface area contributed by atoms with E-state index in [9.17, 15) is 4.79 Å². The second kappa shape index (κ2) is 6.45. The van der Waals surface area contributed by atoms with Crippen LogP contribution in [0.3, 0.4) is 0 Å². The van der Waals surface area contributed by atoms with E-state index >= 15 is 0 Å². The van der Waals surface area contributed by atoms with Crippen molar-refractivity contribution in [1.29, 1.82) is 0 Å². The molecule has 0 N–H and O–H groups in total. The van der Waals surface area contributed by atoms with E-state index in [2.05, 4.69) is 28.1 Å². The lowest BCUT2D eigenvalue weighted by molar-refractivity contribution is 0.0204. The molecule has 2 aliphatic rings. The largest absolute Gasteiger partial charge is 0.444 e. The maximum Gasteiger partial charge on any atom is 0.410 e. The number of likely N-dealkylation sites (tertiary alicyclic amines) is 1. The monoisotopic (exact) mass is 353 g/mol. The number of anilines is 1. The standard InChI is InChI=1S/C21H27N3O2/c1-21(2,3)26-20(25)23-10-8-17(9-11-23)24-12-7-16-14-22-13-15-5-4-6-18(24)19(15)16/h4-6,13-14,17H,7-12H2,1-3H3. The van der Waals surface area contributed by atoms with Crippen molar-refractivity contribution in [3.8, 4) is 0 Å². The molecule has 0 radical (unpaired) electrons. The van der Waals surface area contributed by atoms with E-state index in [0.717, 1.165) is 38.9 Å². The average Bonchev–Trinajstić information content (AvgIpc) is 2.61. The quantitative estimate of drug-likeness (QED) is 0.777. The highest BCUT2D eigenvalue weighted by molar-refractivity contribution is 5.97. The van der Waals surface area contributed by atoms with Gasteiger partial charge in [0.05, 0.1) is 0 Å². The van der Waals surface area contributed by atoms with E-state index in [4.69, 9.17) is 4.74 Å². The number of rotatable bonds is 1. The summed E-state index contributed by atoms with van der Waals surface area (Å²) in [5.41, 5.74) is 2.23. The summed E-state index contributed by atoms with van der Waals surface area (Å²) in [6.07, 6.45) is 6.78. The first-order valence-electron chi connectivity index (χ1n) is 9.52. The van der Waals surface area contributed by atoms with Crippen molar-refractivity contribution >= 4 is 22.6 Å². The molecule has 3 heterocycles. The summed E-state index contributed by atoms with van der Waals surface area (Å²) >= 11 is 0.